The van der Waals surface area contributed by atoms with Gasteiger partial charge in [0, 0.05) is 6.07 Å². The van der Waals surface area contributed by atoms with E-state index in [4.69, 9.17) is 16.0 Å². The zero-order valence-electron chi connectivity index (χ0n) is 8.65. The van der Waals surface area contributed by atoms with Gasteiger partial charge in [0.1, 0.15) is 16.9 Å². The van der Waals surface area contributed by atoms with Gasteiger partial charge in [-0.05, 0) is 24.6 Å². The molecule has 0 amide bonds. The smallest absolute Gasteiger partial charge is 0.259 e. The number of hydrogen-bond acceptors (Lipinski definition) is 5. The minimum atomic E-state index is -0.925. The Morgan fingerprint density at radius 3 is 2.47 bits per heavy atom. The summed E-state index contributed by atoms with van der Waals surface area (Å²) in [5.74, 6) is -0.820. The lowest BCUT2D eigenvalue weighted by atomic mass is 10.1. The van der Waals surface area contributed by atoms with Crippen LogP contribution in [0, 0.1) is 6.92 Å². The first kappa shape index (κ1) is 11.5. The molecule has 0 saturated heterocycles. The summed E-state index contributed by atoms with van der Waals surface area (Å²) in [5, 5.41) is 17.6. The molecule has 0 aliphatic rings. The van der Waals surface area contributed by atoms with E-state index in [0.29, 0.717) is 0 Å². The van der Waals surface area contributed by atoms with Crippen molar-refractivity contribution in [2.24, 2.45) is 0 Å². The number of hydrogen-bond donors (Lipinski definition) is 2. The molecule has 1 aromatic heterocycles. The van der Waals surface area contributed by atoms with Gasteiger partial charge in [-0.3, -0.25) is 9.59 Å². The summed E-state index contributed by atoms with van der Waals surface area (Å²) in [6.07, 6.45) is 0. The van der Waals surface area contributed by atoms with Crippen molar-refractivity contribution in [3.8, 4) is 11.5 Å². The Balaban J connectivity index is 2.98. The van der Waals surface area contributed by atoms with Crippen LogP contribution in [0.4, 0.5) is 0 Å². The normalized spacial score (nSPS) is 10.7. The molecule has 0 atom stereocenters. The average molecular weight is 255 g/mol. The van der Waals surface area contributed by atoms with Crippen molar-refractivity contribution in [1.29, 1.82) is 0 Å². The van der Waals surface area contributed by atoms with Crippen LogP contribution in [-0.4, -0.2) is 15.5 Å². The number of aromatic hydroxyl groups is 2. The lowest BCUT2D eigenvalue weighted by molar-refractivity contribution is 0.107. The lowest BCUT2D eigenvalue weighted by Crippen LogP contribution is -2.13. The minimum absolute atomic E-state index is 0.0186. The van der Waals surface area contributed by atoms with Gasteiger partial charge < -0.3 is 14.6 Å². The van der Waals surface area contributed by atoms with Crippen LogP contribution in [0.5, 0.6) is 11.5 Å². The molecule has 2 aromatic rings. The Bertz CT molecular complexity index is 686. The van der Waals surface area contributed by atoms with Crippen molar-refractivity contribution in [2.45, 2.75) is 6.92 Å². The van der Waals surface area contributed by atoms with Gasteiger partial charge >= 0.3 is 0 Å². The third-order valence-electron chi connectivity index (χ3n) is 2.36. The van der Waals surface area contributed by atoms with Gasteiger partial charge in [0.15, 0.2) is 11.5 Å². The van der Waals surface area contributed by atoms with E-state index in [1.165, 1.54) is 6.92 Å². The molecule has 88 valence electrons. The van der Waals surface area contributed by atoms with Crippen molar-refractivity contribution >= 4 is 27.8 Å². The highest BCUT2D eigenvalue weighted by molar-refractivity contribution is 6.67. The highest BCUT2D eigenvalue weighted by atomic mass is 35.5. The fraction of sp³-hybridized carbons (Fsp3) is 0.0909. The molecule has 1 heterocycles. The van der Waals surface area contributed by atoms with Crippen molar-refractivity contribution in [3.63, 3.8) is 0 Å². The molecular weight excluding hydrogens is 248 g/mol. The number of benzene rings is 1. The number of rotatable bonds is 1. The second-order valence-electron chi connectivity index (χ2n) is 3.47. The number of aryl methyl sites for hydroxylation is 1. The molecule has 2 N–H and O–H groups in total. The van der Waals surface area contributed by atoms with E-state index >= 15 is 0 Å². The Morgan fingerprint density at radius 1 is 1.29 bits per heavy atom. The van der Waals surface area contributed by atoms with Crippen LogP contribution in [-0.2, 0) is 0 Å². The maximum absolute atomic E-state index is 11.9. The summed E-state index contributed by atoms with van der Waals surface area (Å²) >= 11 is 5.27. The first-order valence-electron chi connectivity index (χ1n) is 4.61. The van der Waals surface area contributed by atoms with Gasteiger partial charge in [0.25, 0.3) is 5.24 Å². The maximum Gasteiger partial charge on any atom is 0.259 e. The Hall–Kier alpha value is -2.01. The van der Waals surface area contributed by atoms with Crippen molar-refractivity contribution in [3.05, 3.63) is 33.7 Å². The van der Waals surface area contributed by atoms with Gasteiger partial charge in [0.05, 0.1) is 5.39 Å². The SMILES string of the molecule is Cc1oc2cc(O)c(O)cc2c(=O)c1C(=O)Cl. The number of carbonyl (C=O) groups is 1. The van der Waals surface area contributed by atoms with Crippen LogP contribution >= 0.6 is 11.6 Å². The number of fused-ring (bicyclic) bond motifs is 1. The molecule has 5 nitrogen and oxygen atoms in total. The highest BCUT2D eigenvalue weighted by Gasteiger charge is 2.18. The predicted octanol–water partition coefficient (Wildman–Crippen LogP) is 1.89. The molecule has 0 saturated carbocycles. The summed E-state index contributed by atoms with van der Waals surface area (Å²) in [5.41, 5.74) is -0.840. The summed E-state index contributed by atoms with van der Waals surface area (Å²) in [6.45, 7) is 1.42. The molecule has 0 fully saturated rings. The van der Waals surface area contributed by atoms with Crippen molar-refractivity contribution in [2.75, 3.05) is 0 Å². The second kappa shape index (κ2) is 3.78. The third kappa shape index (κ3) is 1.74. The Labute approximate surface area is 99.9 Å². The Morgan fingerprint density at radius 2 is 1.88 bits per heavy atom. The van der Waals surface area contributed by atoms with Gasteiger partial charge in [-0.25, -0.2) is 0 Å². The molecule has 0 radical (unpaired) electrons. The largest absolute Gasteiger partial charge is 0.504 e. The van der Waals surface area contributed by atoms with E-state index in [0.717, 1.165) is 12.1 Å². The standard InChI is InChI=1S/C11H7ClO5/c1-4-9(11(12)16)10(15)5-2-6(13)7(14)3-8(5)17-4/h2-3,13-14H,1H3. The maximum atomic E-state index is 11.9. The predicted molar refractivity (Wildman–Crippen MR) is 60.7 cm³/mol. The van der Waals surface area contributed by atoms with Gasteiger partial charge in [-0.15, -0.1) is 0 Å². The Kier molecular flexibility index (Phi) is 2.55. The van der Waals surface area contributed by atoms with Crippen LogP contribution in [0.25, 0.3) is 11.0 Å². The summed E-state index contributed by atoms with van der Waals surface area (Å²) in [4.78, 5) is 23.0. The first-order valence-corrected chi connectivity index (χ1v) is 4.99. The van der Waals surface area contributed by atoms with E-state index in [9.17, 15) is 19.8 Å². The molecule has 0 aliphatic heterocycles. The molecule has 6 heteroatoms. The summed E-state index contributed by atoms with van der Waals surface area (Å²) < 4.78 is 5.19. The number of phenolic OH excluding ortho intramolecular Hbond substituents is 2. The minimum Gasteiger partial charge on any atom is -0.504 e. The zero-order chi connectivity index (χ0) is 12.7. The molecule has 2 rings (SSSR count). The molecular formula is C11H7ClO5. The quantitative estimate of drug-likeness (QED) is 0.599. The van der Waals surface area contributed by atoms with E-state index in [1.54, 1.807) is 0 Å². The van der Waals surface area contributed by atoms with Crippen molar-refractivity contribution < 1.29 is 19.4 Å². The summed E-state index contributed by atoms with van der Waals surface area (Å²) in [6, 6.07) is 2.13. The zero-order valence-corrected chi connectivity index (χ0v) is 9.41. The van der Waals surface area contributed by atoms with Crippen LogP contribution < -0.4 is 5.43 Å². The topological polar surface area (TPSA) is 87.7 Å². The fourth-order valence-corrected chi connectivity index (χ4v) is 1.78. The summed E-state index contributed by atoms with van der Waals surface area (Å²) in [7, 11) is 0. The monoisotopic (exact) mass is 254 g/mol. The second-order valence-corrected chi connectivity index (χ2v) is 3.82. The number of carbonyl (C=O) groups excluding carboxylic acids is 1. The van der Waals surface area contributed by atoms with Crippen LogP contribution in [0.15, 0.2) is 21.3 Å². The molecule has 17 heavy (non-hydrogen) atoms. The van der Waals surface area contributed by atoms with Crippen LogP contribution in [0.2, 0.25) is 0 Å². The lowest BCUT2D eigenvalue weighted by Gasteiger charge is -2.04. The van der Waals surface area contributed by atoms with Gasteiger partial charge in [-0.2, -0.15) is 0 Å². The third-order valence-corrected chi connectivity index (χ3v) is 2.55. The van der Waals surface area contributed by atoms with Crippen LogP contribution in [0.3, 0.4) is 0 Å². The van der Waals surface area contributed by atoms with Gasteiger partial charge in [-0.1, -0.05) is 0 Å². The van der Waals surface area contributed by atoms with E-state index in [1.807, 2.05) is 0 Å². The van der Waals surface area contributed by atoms with Crippen LogP contribution in [0.1, 0.15) is 16.1 Å². The molecule has 1 aromatic carbocycles. The number of phenols is 2. The average Bonchev–Trinajstić information content (AvgIpc) is 2.21. The highest BCUT2D eigenvalue weighted by Crippen LogP contribution is 2.29. The van der Waals surface area contributed by atoms with E-state index in [-0.39, 0.29) is 22.3 Å². The first-order chi connectivity index (χ1) is 7.91. The molecule has 0 spiro atoms. The molecule has 0 unspecified atom stereocenters. The molecule has 0 aliphatic carbocycles. The van der Waals surface area contributed by atoms with E-state index < -0.39 is 22.2 Å². The van der Waals surface area contributed by atoms with Crippen molar-refractivity contribution in [1.82, 2.24) is 0 Å². The van der Waals surface area contributed by atoms with Gasteiger partial charge in [0.2, 0.25) is 5.43 Å². The molecule has 0 bridgehead atoms. The fourth-order valence-electron chi connectivity index (χ4n) is 1.56. The van der Waals surface area contributed by atoms with E-state index in [2.05, 4.69) is 0 Å². The number of halogens is 1.